The first kappa shape index (κ1) is 24.2. The standard InChI is InChI=1S/C24H23N11O4/c1-39-17-12-27-20(16-10-14(13-36)28-29-16)21-19(17)15(11-26-21)22(37)23(38)33-6-8-34(9-7-33)24-30-31-32-35(24)18-4-2-3-5-25-18/h2-5,10-12,26,36H,6-9,13H2,1H3,(H,28,29). The molecule has 1 amide bonds. The summed E-state index contributed by atoms with van der Waals surface area (Å²) in [6, 6.07) is 7.10. The van der Waals surface area contributed by atoms with Gasteiger partial charge in [-0.05, 0) is 28.6 Å². The van der Waals surface area contributed by atoms with Crippen molar-refractivity contribution < 1.29 is 19.4 Å². The van der Waals surface area contributed by atoms with Crippen molar-refractivity contribution in [2.24, 2.45) is 0 Å². The number of methoxy groups -OCH3 is 1. The van der Waals surface area contributed by atoms with Crippen molar-refractivity contribution in [2.75, 3.05) is 38.2 Å². The molecule has 6 heterocycles. The normalized spacial score (nSPS) is 13.7. The summed E-state index contributed by atoms with van der Waals surface area (Å²) in [6.45, 7) is 1.28. The maximum atomic E-state index is 13.4. The first-order valence-electron chi connectivity index (χ1n) is 12.1. The Hall–Kier alpha value is -5.18. The molecular weight excluding hydrogens is 506 g/mol. The number of anilines is 1. The van der Waals surface area contributed by atoms with E-state index < -0.39 is 11.7 Å². The van der Waals surface area contributed by atoms with Crippen LogP contribution in [0.4, 0.5) is 5.95 Å². The van der Waals surface area contributed by atoms with Gasteiger partial charge in [-0.25, -0.2) is 9.97 Å². The monoisotopic (exact) mass is 529 g/mol. The SMILES string of the molecule is COc1cnc(-c2cc(CO)[nH]n2)c2[nH]cc(C(=O)C(=O)N3CCN(c4nnnn4-c4ccccn4)CC3)c12. The van der Waals surface area contributed by atoms with Crippen LogP contribution in [0, 0.1) is 0 Å². The molecule has 0 radical (unpaired) electrons. The summed E-state index contributed by atoms with van der Waals surface area (Å²) in [5.41, 5.74) is 2.11. The Morgan fingerprint density at radius 2 is 2.00 bits per heavy atom. The number of H-pyrrole nitrogens is 2. The molecule has 6 rings (SSSR count). The van der Waals surface area contributed by atoms with E-state index in [1.165, 1.54) is 29.1 Å². The van der Waals surface area contributed by atoms with Crippen LogP contribution in [0.3, 0.4) is 0 Å². The summed E-state index contributed by atoms with van der Waals surface area (Å²) in [7, 11) is 1.47. The second-order valence-electron chi connectivity index (χ2n) is 8.75. The van der Waals surface area contributed by atoms with Crippen LogP contribution >= 0.6 is 0 Å². The molecule has 1 fully saturated rings. The molecule has 0 saturated carbocycles. The number of fused-ring (bicyclic) bond motifs is 1. The zero-order chi connectivity index (χ0) is 26.9. The molecule has 0 atom stereocenters. The number of tetrazole rings is 1. The number of carbonyl (C=O) groups excluding carboxylic acids is 2. The molecular formula is C24H23N11O4. The highest BCUT2D eigenvalue weighted by atomic mass is 16.5. The number of hydrogen-bond acceptors (Lipinski definition) is 11. The predicted molar refractivity (Wildman–Crippen MR) is 136 cm³/mol. The van der Waals surface area contributed by atoms with Crippen LogP contribution in [0.2, 0.25) is 0 Å². The highest BCUT2D eigenvalue weighted by Crippen LogP contribution is 2.34. The summed E-state index contributed by atoms with van der Waals surface area (Å²) in [6.07, 6.45) is 4.61. The first-order valence-corrected chi connectivity index (χ1v) is 12.1. The third-order valence-electron chi connectivity index (χ3n) is 6.55. The van der Waals surface area contributed by atoms with Crippen LogP contribution in [0.1, 0.15) is 16.1 Å². The maximum Gasteiger partial charge on any atom is 0.295 e. The molecule has 0 unspecified atom stereocenters. The molecule has 1 saturated heterocycles. The number of aliphatic hydroxyl groups excluding tert-OH is 1. The molecule has 0 aliphatic carbocycles. The van der Waals surface area contributed by atoms with E-state index in [1.54, 1.807) is 24.4 Å². The number of amides is 1. The summed E-state index contributed by atoms with van der Waals surface area (Å²) >= 11 is 0. The number of ether oxygens (including phenoxy) is 1. The fourth-order valence-electron chi connectivity index (χ4n) is 4.59. The molecule has 0 spiro atoms. The van der Waals surface area contributed by atoms with Crippen molar-refractivity contribution >= 4 is 28.5 Å². The molecule has 0 bridgehead atoms. The highest BCUT2D eigenvalue weighted by Gasteiger charge is 2.31. The molecule has 5 aromatic heterocycles. The van der Waals surface area contributed by atoms with Crippen molar-refractivity contribution in [3.8, 4) is 23.0 Å². The average molecular weight is 530 g/mol. The van der Waals surface area contributed by atoms with Crippen LogP contribution in [-0.4, -0.2) is 100 Å². The molecule has 15 heteroatoms. The number of nitrogens with zero attached hydrogens (tertiary/aromatic N) is 9. The minimum atomic E-state index is -0.665. The summed E-state index contributed by atoms with van der Waals surface area (Å²) in [5, 5.41) is 28.7. The third kappa shape index (κ3) is 4.23. The van der Waals surface area contributed by atoms with Gasteiger partial charge in [0.1, 0.15) is 17.1 Å². The summed E-state index contributed by atoms with van der Waals surface area (Å²) in [4.78, 5) is 42.0. The number of rotatable bonds is 7. The lowest BCUT2D eigenvalue weighted by molar-refractivity contribution is -0.126. The van der Waals surface area contributed by atoms with Crippen molar-refractivity contribution in [2.45, 2.75) is 6.61 Å². The Balaban J connectivity index is 1.22. The number of ketones is 1. The van der Waals surface area contributed by atoms with E-state index in [0.29, 0.717) is 71.7 Å². The van der Waals surface area contributed by atoms with Crippen molar-refractivity contribution in [3.63, 3.8) is 0 Å². The average Bonchev–Trinajstić information content (AvgIpc) is 3.76. The fraction of sp³-hybridized carbons (Fsp3) is 0.250. The van der Waals surface area contributed by atoms with Gasteiger partial charge in [-0.1, -0.05) is 11.2 Å². The van der Waals surface area contributed by atoms with Gasteiger partial charge in [0, 0.05) is 38.6 Å². The molecule has 1 aliphatic rings. The Bertz CT molecular complexity index is 1650. The number of aliphatic hydroxyl groups is 1. The number of hydrogen-bond donors (Lipinski definition) is 3. The fourth-order valence-corrected chi connectivity index (χ4v) is 4.59. The van der Waals surface area contributed by atoms with Gasteiger partial charge in [0.2, 0.25) is 0 Å². The van der Waals surface area contributed by atoms with E-state index >= 15 is 0 Å². The van der Waals surface area contributed by atoms with Gasteiger partial charge in [0.05, 0.1) is 42.1 Å². The van der Waals surface area contributed by atoms with E-state index in [4.69, 9.17) is 4.74 Å². The number of pyridine rings is 2. The quantitative estimate of drug-likeness (QED) is 0.195. The van der Waals surface area contributed by atoms with Crippen molar-refractivity contribution in [3.05, 3.63) is 54.1 Å². The lowest BCUT2D eigenvalue weighted by Crippen LogP contribution is -2.51. The van der Waals surface area contributed by atoms with Gasteiger partial charge in [0.25, 0.3) is 17.6 Å². The third-order valence-corrected chi connectivity index (χ3v) is 6.55. The number of aromatic amines is 2. The number of piperazine rings is 1. The molecule has 5 aromatic rings. The topological polar surface area (TPSA) is 184 Å². The second-order valence-corrected chi connectivity index (χ2v) is 8.75. The second kappa shape index (κ2) is 9.94. The number of carbonyl (C=O) groups is 2. The zero-order valence-corrected chi connectivity index (χ0v) is 20.8. The number of aromatic nitrogens is 9. The predicted octanol–water partition coefficient (Wildman–Crippen LogP) is 0.356. The van der Waals surface area contributed by atoms with Crippen LogP contribution in [0.5, 0.6) is 5.75 Å². The summed E-state index contributed by atoms with van der Waals surface area (Å²) in [5.74, 6) is 0.145. The zero-order valence-electron chi connectivity index (χ0n) is 20.8. The van der Waals surface area contributed by atoms with Crippen LogP contribution in [0.25, 0.3) is 28.1 Å². The molecule has 1 aliphatic heterocycles. The minimum Gasteiger partial charge on any atom is -0.494 e. The van der Waals surface area contributed by atoms with Crippen LogP contribution in [0.15, 0.2) is 42.9 Å². The van der Waals surface area contributed by atoms with Gasteiger partial charge < -0.3 is 24.6 Å². The van der Waals surface area contributed by atoms with Gasteiger partial charge in [-0.15, -0.1) is 0 Å². The minimum absolute atomic E-state index is 0.176. The maximum absolute atomic E-state index is 13.4. The Kier molecular flexibility index (Phi) is 6.16. The van der Waals surface area contributed by atoms with Crippen molar-refractivity contribution in [1.82, 2.24) is 50.3 Å². The van der Waals surface area contributed by atoms with E-state index in [-0.39, 0.29) is 12.2 Å². The molecule has 198 valence electrons. The lowest BCUT2D eigenvalue weighted by atomic mass is 10.1. The number of Topliss-reactive ketones (excluding diaryl/α,β-unsaturated/α-hetero) is 1. The van der Waals surface area contributed by atoms with E-state index in [2.05, 4.69) is 40.7 Å². The lowest BCUT2D eigenvalue weighted by Gasteiger charge is -2.34. The largest absolute Gasteiger partial charge is 0.494 e. The smallest absolute Gasteiger partial charge is 0.295 e. The van der Waals surface area contributed by atoms with E-state index in [0.717, 1.165) is 0 Å². The van der Waals surface area contributed by atoms with E-state index in [9.17, 15) is 14.7 Å². The van der Waals surface area contributed by atoms with Crippen LogP contribution < -0.4 is 9.64 Å². The molecule has 3 N–H and O–H groups in total. The molecule has 0 aromatic carbocycles. The first-order chi connectivity index (χ1) is 19.1. The Morgan fingerprint density at radius 3 is 2.72 bits per heavy atom. The van der Waals surface area contributed by atoms with Crippen molar-refractivity contribution in [1.29, 1.82) is 0 Å². The number of nitrogens with one attached hydrogen (secondary N) is 2. The van der Waals surface area contributed by atoms with Gasteiger partial charge in [0.15, 0.2) is 5.82 Å². The van der Waals surface area contributed by atoms with Gasteiger partial charge >= 0.3 is 0 Å². The van der Waals surface area contributed by atoms with Crippen LogP contribution in [-0.2, 0) is 11.4 Å². The molecule has 39 heavy (non-hydrogen) atoms. The Morgan fingerprint density at radius 1 is 1.15 bits per heavy atom. The Labute approximate surface area is 220 Å². The highest BCUT2D eigenvalue weighted by molar-refractivity contribution is 6.45. The van der Waals surface area contributed by atoms with E-state index in [1.807, 2.05) is 11.0 Å². The molecule has 15 nitrogen and oxygen atoms in total. The summed E-state index contributed by atoms with van der Waals surface area (Å²) < 4.78 is 7.00. The van der Waals surface area contributed by atoms with Gasteiger partial charge in [-0.2, -0.15) is 9.78 Å². The van der Waals surface area contributed by atoms with Gasteiger partial charge in [-0.3, -0.25) is 14.7 Å².